The van der Waals surface area contributed by atoms with Gasteiger partial charge in [-0.25, -0.2) is 0 Å². The first kappa shape index (κ1) is 24.7. The average molecular weight is 352 g/mol. The first-order chi connectivity index (χ1) is 12.0. The molecule has 1 unspecified atom stereocenters. The molecule has 0 saturated carbocycles. The van der Waals surface area contributed by atoms with Gasteiger partial charge >= 0.3 is 0 Å². The van der Waals surface area contributed by atoms with E-state index >= 15 is 0 Å². The molecule has 1 atom stereocenters. The molecule has 150 valence electrons. The lowest BCUT2D eigenvalue weighted by Gasteiger charge is -2.19. The highest BCUT2D eigenvalue weighted by molar-refractivity contribution is 5.83. The minimum atomic E-state index is 0.581. The Balaban J connectivity index is 4.09. The van der Waals surface area contributed by atoms with Crippen LogP contribution in [0.4, 0.5) is 0 Å². The van der Waals surface area contributed by atoms with Crippen LogP contribution < -0.4 is 0 Å². The van der Waals surface area contributed by atoms with Gasteiger partial charge in [-0.2, -0.15) is 0 Å². The molecular weight excluding hydrogens is 302 g/mol. The van der Waals surface area contributed by atoms with Crippen molar-refractivity contribution in [2.45, 2.75) is 131 Å². The molecule has 1 heteroatoms. The van der Waals surface area contributed by atoms with Gasteiger partial charge in [-0.15, -0.1) is 0 Å². The highest BCUT2D eigenvalue weighted by Crippen LogP contribution is 2.23. The van der Waals surface area contributed by atoms with E-state index in [4.69, 9.17) is 5.41 Å². The molecule has 0 fully saturated rings. The molecule has 0 rings (SSSR count). The van der Waals surface area contributed by atoms with Gasteiger partial charge in [0.05, 0.1) is 0 Å². The van der Waals surface area contributed by atoms with Crippen molar-refractivity contribution < 1.29 is 0 Å². The summed E-state index contributed by atoms with van der Waals surface area (Å²) in [5.74, 6) is 2.20. The lowest BCUT2D eigenvalue weighted by molar-refractivity contribution is 0.463. The molecule has 0 aliphatic carbocycles. The Morgan fingerprint density at radius 1 is 0.600 bits per heavy atom. The first-order valence-electron chi connectivity index (χ1n) is 11.5. The van der Waals surface area contributed by atoms with Crippen molar-refractivity contribution in [2.24, 2.45) is 17.8 Å². The minimum absolute atomic E-state index is 0.581. The van der Waals surface area contributed by atoms with E-state index in [1.165, 1.54) is 89.9 Å². The minimum Gasteiger partial charge on any atom is -0.309 e. The van der Waals surface area contributed by atoms with E-state index < -0.39 is 0 Å². The third kappa shape index (κ3) is 16.9. The monoisotopic (exact) mass is 351 g/mol. The van der Waals surface area contributed by atoms with E-state index in [0.29, 0.717) is 5.92 Å². The maximum Gasteiger partial charge on any atom is 0.0120 e. The molecule has 25 heavy (non-hydrogen) atoms. The van der Waals surface area contributed by atoms with Crippen molar-refractivity contribution >= 4 is 5.71 Å². The van der Waals surface area contributed by atoms with Gasteiger partial charge in [-0.1, -0.05) is 105 Å². The van der Waals surface area contributed by atoms with Crippen LogP contribution in [0.2, 0.25) is 0 Å². The third-order valence-corrected chi connectivity index (χ3v) is 5.46. The van der Waals surface area contributed by atoms with Crippen LogP contribution in [-0.4, -0.2) is 5.71 Å². The van der Waals surface area contributed by atoms with Gasteiger partial charge in [0.2, 0.25) is 0 Å². The summed E-state index contributed by atoms with van der Waals surface area (Å²) in [6, 6.07) is 0. The van der Waals surface area contributed by atoms with Gasteiger partial charge < -0.3 is 5.41 Å². The van der Waals surface area contributed by atoms with Gasteiger partial charge in [0.15, 0.2) is 0 Å². The molecule has 1 nitrogen and oxygen atoms in total. The summed E-state index contributed by atoms with van der Waals surface area (Å²) >= 11 is 0. The maximum absolute atomic E-state index is 8.59. The first-order valence-corrected chi connectivity index (χ1v) is 11.5. The van der Waals surface area contributed by atoms with Crippen molar-refractivity contribution in [3.63, 3.8) is 0 Å². The molecule has 0 saturated heterocycles. The Morgan fingerprint density at radius 3 is 1.60 bits per heavy atom. The summed E-state index contributed by atoms with van der Waals surface area (Å²) < 4.78 is 0. The van der Waals surface area contributed by atoms with E-state index in [9.17, 15) is 0 Å². The van der Waals surface area contributed by atoms with Crippen molar-refractivity contribution in [1.29, 1.82) is 5.41 Å². The fourth-order valence-electron chi connectivity index (χ4n) is 3.69. The normalized spacial score (nSPS) is 12.9. The summed E-state index contributed by atoms with van der Waals surface area (Å²) in [5.41, 5.74) is 1.07. The quantitative estimate of drug-likeness (QED) is 0.188. The van der Waals surface area contributed by atoms with Gasteiger partial charge in [0, 0.05) is 5.71 Å². The fraction of sp³-hybridized carbons (Fsp3) is 0.958. The van der Waals surface area contributed by atoms with E-state index in [1.54, 1.807) is 0 Å². The number of unbranched alkanes of at least 4 members (excludes halogenated alkanes) is 7. The molecule has 0 heterocycles. The van der Waals surface area contributed by atoms with Gasteiger partial charge in [0.1, 0.15) is 0 Å². The molecule has 0 radical (unpaired) electrons. The lowest BCUT2D eigenvalue weighted by Crippen LogP contribution is -2.14. The van der Waals surface area contributed by atoms with Crippen LogP contribution in [-0.2, 0) is 0 Å². The van der Waals surface area contributed by atoms with Gasteiger partial charge in [-0.05, 0) is 43.4 Å². The fourth-order valence-corrected chi connectivity index (χ4v) is 3.69. The molecule has 0 aromatic carbocycles. The zero-order valence-corrected chi connectivity index (χ0v) is 18.3. The second kappa shape index (κ2) is 17.1. The van der Waals surface area contributed by atoms with E-state index in [2.05, 4.69) is 34.6 Å². The van der Waals surface area contributed by atoms with Crippen LogP contribution in [0.1, 0.15) is 131 Å². The van der Waals surface area contributed by atoms with Gasteiger partial charge in [-0.3, -0.25) is 0 Å². The molecule has 0 aliphatic heterocycles. The number of hydrogen-bond donors (Lipinski definition) is 1. The smallest absolute Gasteiger partial charge is 0.0120 e. The zero-order chi connectivity index (χ0) is 18.9. The van der Waals surface area contributed by atoms with Crippen LogP contribution in [0.25, 0.3) is 0 Å². The highest BCUT2D eigenvalue weighted by Gasteiger charge is 2.14. The SMILES string of the molecule is CCCCCCCCC(CCCCCC(C)C)C(=N)CCCC(C)C. The topological polar surface area (TPSA) is 23.9 Å². The molecule has 0 aliphatic rings. The Bertz CT molecular complexity index is 292. The largest absolute Gasteiger partial charge is 0.309 e. The molecule has 0 aromatic rings. The van der Waals surface area contributed by atoms with Crippen LogP contribution >= 0.6 is 0 Å². The number of rotatable bonds is 18. The van der Waals surface area contributed by atoms with Gasteiger partial charge in [0.25, 0.3) is 0 Å². The second-order valence-corrected chi connectivity index (χ2v) is 9.10. The van der Waals surface area contributed by atoms with Crippen molar-refractivity contribution in [1.82, 2.24) is 0 Å². The maximum atomic E-state index is 8.59. The Morgan fingerprint density at radius 2 is 1.04 bits per heavy atom. The van der Waals surface area contributed by atoms with E-state index in [1.807, 2.05) is 0 Å². The van der Waals surface area contributed by atoms with Crippen LogP contribution in [0.15, 0.2) is 0 Å². The Labute approximate surface area is 160 Å². The summed E-state index contributed by atoms with van der Waals surface area (Å²) in [7, 11) is 0. The Hall–Kier alpha value is -0.330. The lowest BCUT2D eigenvalue weighted by atomic mass is 9.87. The molecule has 0 amide bonds. The molecule has 0 bridgehead atoms. The average Bonchev–Trinajstić information content (AvgIpc) is 2.55. The summed E-state index contributed by atoms with van der Waals surface area (Å²) in [5, 5.41) is 8.59. The molecule has 1 N–H and O–H groups in total. The summed E-state index contributed by atoms with van der Waals surface area (Å²) in [4.78, 5) is 0. The number of hydrogen-bond acceptors (Lipinski definition) is 1. The van der Waals surface area contributed by atoms with Crippen molar-refractivity contribution in [3.8, 4) is 0 Å². The third-order valence-electron chi connectivity index (χ3n) is 5.46. The van der Waals surface area contributed by atoms with E-state index in [0.717, 1.165) is 24.0 Å². The summed E-state index contributed by atoms with van der Waals surface area (Å²) in [6.07, 6.45) is 19.8. The predicted octanol–water partition coefficient (Wildman–Crippen LogP) is 8.81. The highest BCUT2D eigenvalue weighted by atomic mass is 14.4. The van der Waals surface area contributed by atoms with E-state index in [-0.39, 0.29) is 0 Å². The Kier molecular flexibility index (Phi) is 16.9. The molecular formula is C24H49N. The predicted molar refractivity (Wildman–Crippen MR) is 116 cm³/mol. The van der Waals surface area contributed by atoms with Crippen molar-refractivity contribution in [2.75, 3.05) is 0 Å². The van der Waals surface area contributed by atoms with Crippen LogP contribution in [0.5, 0.6) is 0 Å². The van der Waals surface area contributed by atoms with Crippen molar-refractivity contribution in [3.05, 3.63) is 0 Å². The molecule has 0 spiro atoms. The number of nitrogens with one attached hydrogen (secondary N) is 1. The zero-order valence-electron chi connectivity index (χ0n) is 18.3. The second-order valence-electron chi connectivity index (χ2n) is 9.10. The standard InChI is InChI=1S/C24H49N/c1-6-7-8-9-10-13-18-23(19-14-11-12-16-21(2)3)24(25)20-15-17-22(4)5/h21-23,25H,6-20H2,1-5H3. The van der Waals surface area contributed by atoms with Crippen LogP contribution in [0.3, 0.4) is 0 Å². The molecule has 0 aromatic heterocycles. The summed E-state index contributed by atoms with van der Waals surface area (Å²) in [6.45, 7) is 11.5. The van der Waals surface area contributed by atoms with Crippen LogP contribution in [0, 0.1) is 23.2 Å².